The molecule has 0 saturated heterocycles. The highest BCUT2D eigenvalue weighted by atomic mass is 32.2. The van der Waals surface area contributed by atoms with Crippen LogP contribution in [0, 0.1) is 5.82 Å². The van der Waals surface area contributed by atoms with E-state index in [0.29, 0.717) is 12.8 Å². The van der Waals surface area contributed by atoms with Crippen LogP contribution >= 0.6 is 0 Å². The average molecular weight is 637 g/mol. The van der Waals surface area contributed by atoms with Crippen LogP contribution in [0.4, 0.5) is 49.6 Å². The second kappa shape index (κ2) is 10.9. The molecule has 0 radical (unpaired) electrons. The first-order valence-corrected chi connectivity index (χ1v) is 13.4. The second-order valence-corrected chi connectivity index (χ2v) is 10.8. The van der Waals surface area contributed by atoms with Crippen LogP contribution in [0.2, 0.25) is 0 Å². The third kappa shape index (κ3) is 5.35. The SMILES string of the molecule is CCCn1c(=O)c2cc(S(=O)(=O)Nc3ccc(C(C(F)(F)F)(C(F)(F)F)C(F)(F)F)cc3F)ccc2n(CCC)c1=O. The standard InChI is InChI=1S/C24H21F10N3O4S/c1-3-9-36-18-8-6-14(12-15(18)19(38)37(10-4-2)20(36)39)42(40,41)35-17-7-5-13(11-16(17)25)21(22(26,27)28,23(29,30)31)24(32,33)34/h5-8,11-12,35H,3-4,9-10H2,1-2H3. The minimum Gasteiger partial charge on any atom is -0.293 e. The minimum absolute atomic E-state index is 0.0145. The number of halogens is 10. The van der Waals surface area contributed by atoms with Crippen molar-refractivity contribution in [3.63, 3.8) is 0 Å². The Bertz CT molecular complexity index is 1690. The highest BCUT2D eigenvalue weighted by Crippen LogP contribution is 2.60. The van der Waals surface area contributed by atoms with Crippen molar-refractivity contribution in [2.75, 3.05) is 4.72 Å². The Morgan fingerprint density at radius 2 is 1.29 bits per heavy atom. The molecule has 1 N–H and O–H groups in total. The van der Waals surface area contributed by atoms with Crippen LogP contribution in [-0.4, -0.2) is 36.1 Å². The number of fused-ring (bicyclic) bond motifs is 1. The van der Waals surface area contributed by atoms with Crippen molar-refractivity contribution in [1.82, 2.24) is 9.13 Å². The first-order chi connectivity index (χ1) is 19.2. The van der Waals surface area contributed by atoms with Crippen LogP contribution in [0.15, 0.2) is 50.9 Å². The van der Waals surface area contributed by atoms with E-state index in [2.05, 4.69) is 0 Å². The summed E-state index contributed by atoms with van der Waals surface area (Å²) in [5, 5.41) is -0.250. The highest BCUT2D eigenvalue weighted by Gasteiger charge is 2.84. The van der Waals surface area contributed by atoms with Crippen molar-refractivity contribution >= 4 is 26.6 Å². The Kier molecular flexibility index (Phi) is 8.57. The van der Waals surface area contributed by atoms with E-state index in [-0.39, 0.29) is 36.1 Å². The number of sulfonamides is 1. The molecule has 232 valence electrons. The molecule has 3 rings (SSSR count). The summed E-state index contributed by atoms with van der Waals surface area (Å²) in [4.78, 5) is 25.0. The summed E-state index contributed by atoms with van der Waals surface area (Å²) < 4.78 is 165. The van der Waals surface area contributed by atoms with Gasteiger partial charge in [0.25, 0.3) is 21.0 Å². The third-order valence-corrected chi connectivity index (χ3v) is 7.69. The first kappa shape index (κ1) is 32.9. The van der Waals surface area contributed by atoms with E-state index in [9.17, 15) is 61.9 Å². The van der Waals surface area contributed by atoms with E-state index in [1.165, 1.54) is 4.57 Å². The molecule has 0 saturated carbocycles. The van der Waals surface area contributed by atoms with Crippen molar-refractivity contribution in [3.05, 3.63) is 68.6 Å². The number of anilines is 1. The van der Waals surface area contributed by atoms with Gasteiger partial charge in [0.15, 0.2) is 0 Å². The fraction of sp³-hybridized carbons (Fsp3) is 0.417. The third-order valence-electron chi connectivity index (χ3n) is 6.32. The zero-order valence-electron chi connectivity index (χ0n) is 21.5. The molecule has 0 aliphatic rings. The van der Waals surface area contributed by atoms with Gasteiger partial charge in [0, 0.05) is 13.1 Å². The van der Waals surface area contributed by atoms with Gasteiger partial charge in [-0.15, -0.1) is 0 Å². The fourth-order valence-electron chi connectivity index (χ4n) is 4.44. The molecule has 3 aromatic rings. The van der Waals surface area contributed by atoms with E-state index in [4.69, 9.17) is 0 Å². The zero-order valence-corrected chi connectivity index (χ0v) is 22.3. The minimum atomic E-state index is -7.01. The van der Waals surface area contributed by atoms with Crippen molar-refractivity contribution in [1.29, 1.82) is 0 Å². The number of alkyl halides is 9. The van der Waals surface area contributed by atoms with Crippen LogP contribution in [0.3, 0.4) is 0 Å². The maximum atomic E-state index is 14.7. The van der Waals surface area contributed by atoms with Gasteiger partial charge in [-0.1, -0.05) is 19.9 Å². The van der Waals surface area contributed by atoms with E-state index < -0.39 is 73.2 Å². The Morgan fingerprint density at radius 1 is 0.762 bits per heavy atom. The summed E-state index contributed by atoms with van der Waals surface area (Å²) in [5.74, 6) is -2.18. The quantitative estimate of drug-likeness (QED) is 0.314. The number of aryl methyl sites for hydroxylation is 1. The van der Waals surface area contributed by atoms with Gasteiger partial charge in [0.1, 0.15) is 5.82 Å². The maximum Gasteiger partial charge on any atom is 0.416 e. The van der Waals surface area contributed by atoms with Crippen molar-refractivity contribution in [2.45, 2.75) is 68.6 Å². The van der Waals surface area contributed by atoms with Crippen LogP contribution in [0.1, 0.15) is 32.3 Å². The average Bonchev–Trinajstić information content (AvgIpc) is 2.83. The van der Waals surface area contributed by atoms with Crippen LogP contribution < -0.4 is 16.0 Å². The number of hydrogen-bond acceptors (Lipinski definition) is 4. The monoisotopic (exact) mass is 637 g/mol. The molecular weight excluding hydrogens is 616 g/mol. The number of benzene rings is 2. The first-order valence-electron chi connectivity index (χ1n) is 12.0. The van der Waals surface area contributed by atoms with Crippen molar-refractivity contribution in [3.8, 4) is 0 Å². The lowest BCUT2D eigenvalue weighted by atomic mass is 9.77. The normalized spacial score (nSPS) is 13.5. The van der Waals surface area contributed by atoms with Gasteiger partial charge in [0.05, 0.1) is 21.5 Å². The largest absolute Gasteiger partial charge is 0.416 e. The molecule has 0 atom stereocenters. The molecule has 0 spiro atoms. The van der Waals surface area contributed by atoms with Gasteiger partial charge in [-0.2, -0.15) is 39.5 Å². The summed E-state index contributed by atoms with van der Waals surface area (Å²) in [7, 11) is -4.93. The molecular formula is C24H21F10N3O4S. The molecule has 0 aliphatic heterocycles. The fourth-order valence-corrected chi connectivity index (χ4v) is 5.53. The molecule has 0 aliphatic carbocycles. The Labute approximate surface area is 230 Å². The summed E-state index contributed by atoms with van der Waals surface area (Å²) in [6.07, 6.45) is -20.2. The molecule has 0 fully saturated rings. The number of rotatable bonds is 8. The molecule has 42 heavy (non-hydrogen) atoms. The lowest BCUT2D eigenvalue weighted by Crippen LogP contribution is -2.63. The van der Waals surface area contributed by atoms with E-state index in [0.717, 1.165) is 22.8 Å². The van der Waals surface area contributed by atoms with E-state index in [1.807, 2.05) is 0 Å². The molecule has 0 amide bonds. The smallest absolute Gasteiger partial charge is 0.293 e. The van der Waals surface area contributed by atoms with Gasteiger partial charge in [-0.25, -0.2) is 17.6 Å². The number of aromatic nitrogens is 2. The summed E-state index contributed by atoms with van der Waals surface area (Å²) in [6.45, 7) is 3.54. The summed E-state index contributed by atoms with van der Waals surface area (Å²) >= 11 is 0. The molecule has 7 nitrogen and oxygen atoms in total. The maximum absolute atomic E-state index is 14.7. The number of nitrogens with one attached hydrogen (secondary N) is 1. The van der Waals surface area contributed by atoms with Crippen LogP contribution in [0.5, 0.6) is 0 Å². The van der Waals surface area contributed by atoms with Gasteiger partial charge in [0.2, 0.25) is 0 Å². The van der Waals surface area contributed by atoms with Crippen molar-refractivity contribution in [2.24, 2.45) is 0 Å². The molecule has 1 heterocycles. The second-order valence-electron chi connectivity index (χ2n) is 9.11. The van der Waals surface area contributed by atoms with Gasteiger partial charge in [-0.05, 0) is 48.7 Å². The van der Waals surface area contributed by atoms with Crippen molar-refractivity contribution < 1.29 is 52.3 Å². The molecule has 18 heteroatoms. The van der Waals surface area contributed by atoms with Gasteiger partial charge < -0.3 is 0 Å². The number of nitrogens with zero attached hydrogens (tertiary/aromatic N) is 2. The van der Waals surface area contributed by atoms with Gasteiger partial charge in [-0.3, -0.25) is 18.7 Å². The summed E-state index contributed by atoms with van der Waals surface area (Å²) in [6, 6.07) is 1.75. The number of hydrogen-bond donors (Lipinski definition) is 1. The Morgan fingerprint density at radius 3 is 1.76 bits per heavy atom. The lowest BCUT2D eigenvalue weighted by Gasteiger charge is -2.38. The molecule has 0 bridgehead atoms. The molecule has 0 unspecified atom stereocenters. The lowest BCUT2D eigenvalue weighted by molar-refractivity contribution is -0.387. The molecule has 2 aromatic carbocycles. The molecule has 1 aromatic heterocycles. The highest BCUT2D eigenvalue weighted by molar-refractivity contribution is 7.92. The zero-order chi connectivity index (χ0) is 32.1. The van der Waals surface area contributed by atoms with Crippen LogP contribution in [0.25, 0.3) is 10.9 Å². The Balaban J connectivity index is 2.16. The predicted octanol–water partition coefficient (Wildman–Crippen LogP) is 5.85. The Hall–Kier alpha value is -3.57. The summed E-state index contributed by atoms with van der Waals surface area (Å²) in [5.41, 5.74) is -11.8. The van der Waals surface area contributed by atoms with E-state index >= 15 is 0 Å². The topological polar surface area (TPSA) is 90.2 Å². The van der Waals surface area contributed by atoms with Crippen LogP contribution in [-0.2, 0) is 28.5 Å². The predicted molar refractivity (Wildman–Crippen MR) is 130 cm³/mol. The van der Waals surface area contributed by atoms with Gasteiger partial charge >= 0.3 is 24.2 Å². The van der Waals surface area contributed by atoms with E-state index in [1.54, 1.807) is 18.6 Å².